The normalized spacial score (nSPS) is 14.3. The van der Waals surface area contributed by atoms with Crippen molar-refractivity contribution >= 4 is 11.4 Å². The van der Waals surface area contributed by atoms with Crippen molar-refractivity contribution in [3.8, 4) is 22.3 Å². The van der Waals surface area contributed by atoms with Crippen LogP contribution in [0.2, 0.25) is 0 Å². The van der Waals surface area contributed by atoms with Crippen molar-refractivity contribution in [2.24, 2.45) is 0 Å². The van der Waals surface area contributed by atoms with Crippen LogP contribution < -0.4 is 11.5 Å². The van der Waals surface area contributed by atoms with Crippen molar-refractivity contribution in [1.29, 1.82) is 0 Å². The summed E-state index contributed by atoms with van der Waals surface area (Å²) in [5, 5.41) is 21.4. The molecule has 0 amide bonds. The lowest BCUT2D eigenvalue weighted by atomic mass is 9.92. The maximum atomic E-state index is 10.7. The van der Waals surface area contributed by atoms with Crippen LogP contribution >= 0.6 is 0 Å². The fourth-order valence-corrected chi connectivity index (χ4v) is 3.40. The largest absolute Gasteiger partial charge is 0.399 e. The Morgan fingerprint density at radius 3 is 2.12 bits per heavy atom. The first-order valence-corrected chi connectivity index (χ1v) is 7.74. The van der Waals surface area contributed by atoms with E-state index in [9.17, 15) is 10.2 Å². The van der Waals surface area contributed by atoms with Crippen molar-refractivity contribution in [3.05, 3.63) is 71.3 Å². The van der Waals surface area contributed by atoms with Gasteiger partial charge in [-0.25, -0.2) is 0 Å². The van der Waals surface area contributed by atoms with Gasteiger partial charge in [0.15, 0.2) is 0 Å². The molecule has 6 N–H and O–H groups in total. The highest BCUT2D eigenvalue weighted by Gasteiger charge is 2.41. The van der Waals surface area contributed by atoms with Crippen LogP contribution in [0.15, 0.2) is 54.6 Å². The van der Waals surface area contributed by atoms with Gasteiger partial charge in [-0.1, -0.05) is 35.9 Å². The molecule has 1 aliphatic carbocycles. The van der Waals surface area contributed by atoms with Gasteiger partial charge in [-0.2, -0.15) is 0 Å². The second-order valence-corrected chi connectivity index (χ2v) is 6.33. The highest BCUT2D eigenvalue weighted by Crippen LogP contribution is 2.51. The molecule has 0 saturated carbocycles. The minimum atomic E-state index is -2.10. The molecular formula is C20H18N2O2. The number of nitrogens with two attached hydrogens (primary N) is 2. The van der Waals surface area contributed by atoms with Gasteiger partial charge in [0, 0.05) is 22.5 Å². The Kier molecular flexibility index (Phi) is 2.97. The number of benzene rings is 3. The first-order chi connectivity index (χ1) is 11.4. The van der Waals surface area contributed by atoms with E-state index in [1.54, 1.807) is 18.2 Å². The van der Waals surface area contributed by atoms with E-state index in [4.69, 9.17) is 11.5 Å². The molecule has 0 aromatic heterocycles. The quantitative estimate of drug-likeness (QED) is 0.410. The molecule has 0 radical (unpaired) electrons. The van der Waals surface area contributed by atoms with Gasteiger partial charge in [0.05, 0.1) is 0 Å². The molecule has 3 aromatic carbocycles. The Bertz CT molecular complexity index is 960. The van der Waals surface area contributed by atoms with Gasteiger partial charge in [-0.3, -0.25) is 0 Å². The van der Waals surface area contributed by atoms with Crippen LogP contribution in [0.25, 0.3) is 22.3 Å². The number of aliphatic hydroxyl groups is 2. The van der Waals surface area contributed by atoms with Crippen LogP contribution in [0.1, 0.15) is 16.7 Å². The summed E-state index contributed by atoms with van der Waals surface area (Å²) in [5.74, 6) is -2.10. The smallest absolute Gasteiger partial charge is 0.218 e. The molecule has 0 fully saturated rings. The highest BCUT2D eigenvalue weighted by atomic mass is 16.5. The van der Waals surface area contributed by atoms with Crippen LogP contribution in [0.4, 0.5) is 11.4 Å². The molecule has 1 aliphatic rings. The predicted molar refractivity (Wildman–Crippen MR) is 96.1 cm³/mol. The third-order valence-electron chi connectivity index (χ3n) is 4.59. The molecule has 0 atom stereocenters. The summed E-state index contributed by atoms with van der Waals surface area (Å²) in [4.78, 5) is 0. The number of aryl methyl sites for hydroxylation is 1. The van der Waals surface area contributed by atoms with Crippen LogP contribution in [0.3, 0.4) is 0 Å². The topological polar surface area (TPSA) is 92.5 Å². The Labute approximate surface area is 140 Å². The summed E-state index contributed by atoms with van der Waals surface area (Å²) in [6.07, 6.45) is 0. The SMILES string of the molecule is Cc1ccc(-c2cc(N)cc3c2-c2ccc(N)cc2C3(O)O)cc1. The van der Waals surface area contributed by atoms with Crippen molar-refractivity contribution < 1.29 is 10.2 Å². The molecule has 0 saturated heterocycles. The second kappa shape index (κ2) is 4.84. The number of anilines is 2. The Balaban J connectivity index is 2.07. The maximum Gasteiger partial charge on any atom is 0.218 e. The van der Waals surface area contributed by atoms with E-state index in [-0.39, 0.29) is 0 Å². The molecule has 4 nitrogen and oxygen atoms in total. The third-order valence-corrected chi connectivity index (χ3v) is 4.59. The molecular weight excluding hydrogens is 300 g/mol. The van der Waals surface area contributed by atoms with Crippen molar-refractivity contribution in [3.63, 3.8) is 0 Å². The second-order valence-electron chi connectivity index (χ2n) is 6.33. The van der Waals surface area contributed by atoms with Gasteiger partial charge in [0.2, 0.25) is 5.79 Å². The van der Waals surface area contributed by atoms with E-state index in [1.165, 1.54) is 0 Å². The Morgan fingerprint density at radius 1 is 0.750 bits per heavy atom. The molecule has 3 aromatic rings. The molecule has 4 heteroatoms. The zero-order chi connectivity index (χ0) is 17.1. The lowest BCUT2D eigenvalue weighted by Gasteiger charge is -2.19. The van der Waals surface area contributed by atoms with E-state index < -0.39 is 5.79 Å². The number of hydrogen-bond acceptors (Lipinski definition) is 4. The Morgan fingerprint density at radius 2 is 1.42 bits per heavy atom. The molecule has 0 unspecified atom stereocenters. The first kappa shape index (κ1) is 14.8. The fourth-order valence-electron chi connectivity index (χ4n) is 3.40. The number of fused-ring (bicyclic) bond motifs is 3. The average molecular weight is 318 g/mol. The molecule has 24 heavy (non-hydrogen) atoms. The van der Waals surface area contributed by atoms with Gasteiger partial charge in [-0.05, 0) is 53.4 Å². The zero-order valence-electron chi connectivity index (χ0n) is 13.2. The van der Waals surface area contributed by atoms with Crippen LogP contribution in [0, 0.1) is 6.92 Å². The summed E-state index contributed by atoms with van der Waals surface area (Å²) in [6, 6.07) is 16.7. The summed E-state index contributed by atoms with van der Waals surface area (Å²) < 4.78 is 0. The number of rotatable bonds is 1. The number of hydrogen-bond donors (Lipinski definition) is 4. The zero-order valence-corrected chi connectivity index (χ0v) is 13.2. The van der Waals surface area contributed by atoms with Crippen molar-refractivity contribution in [1.82, 2.24) is 0 Å². The fraction of sp³-hybridized carbons (Fsp3) is 0.100. The molecule has 0 bridgehead atoms. The van der Waals surface area contributed by atoms with Gasteiger partial charge in [0.25, 0.3) is 0 Å². The lowest BCUT2D eigenvalue weighted by Crippen LogP contribution is -2.23. The molecule has 0 heterocycles. The van der Waals surface area contributed by atoms with Crippen LogP contribution in [-0.4, -0.2) is 10.2 Å². The standard InChI is InChI=1S/C20H18N2O2/c1-11-2-4-12(5-3-11)16-8-14(22)10-18-19(16)15-7-6-13(21)9-17(15)20(18,23)24/h2-10,23-24H,21-22H2,1H3. The minimum Gasteiger partial charge on any atom is -0.399 e. The summed E-state index contributed by atoms with van der Waals surface area (Å²) >= 11 is 0. The van der Waals surface area contributed by atoms with E-state index in [0.717, 1.165) is 27.8 Å². The molecule has 0 aliphatic heterocycles. The van der Waals surface area contributed by atoms with Gasteiger partial charge >= 0.3 is 0 Å². The van der Waals surface area contributed by atoms with Gasteiger partial charge < -0.3 is 21.7 Å². The third kappa shape index (κ3) is 2.01. The predicted octanol–water partition coefficient (Wildman–Crippen LogP) is 2.99. The van der Waals surface area contributed by atoms with Crippen LogP contribution in [-0.2, 0) is 5.79 Å². The summed E-state index contributed by atoms with van der Waals surface area (Å²) in [7, 11) is 0. The van der Waals surface area contributed by atoms with Crippen molar-refractivity contribution in [2.75, 3.05) is 11.5 Å². The first-order valence-electron chi connectivity index (χ1n) is 7.74. The summed E-state index contributed by atoms with van der Waals surface area (Å²) in [6.45, 7) is 2.03. The van der Waals surface area contributed by atoms with E-state index in [2.05, 4.69) is 0 Å². The lowest BCUT2D eigenvalue weighted by molar-refractivity contribution is -0.128. The monoisotopic (exact) mass is 318 g/mol. The number of nitrogen functional groups attached to an aromatic ring is 2. The van der Waals surface area contributed by atoms with Crippen LogP contribution in [0.5, 0.6) is 0 Å². The van der Waals surface area contributed by atoms with E-state index >= 15 is 0 Å². The van der Waals surface area contributed by atoms with Crippen molar-refractivity contribution in [2.45, 2.75) is 12.7 Å². The van der Waals surface area contributed by atoms with Gasteiger partial charge in [0.1, 0.15) is 0 Å². The maximum absolute atomic E-state index is 10.7. The van der Waals surface area contributed by atoms with E-state index in [1.807, 2.05) is 43.3 Å². The minimum absolute atomic E-state index is 0.386. The van der Waals surface area contributed by atoms with E-state index in [0.29, 0.717) is 22.5 Å². The molecule has 0 spiro atoms. The highest BCUT2D eigenvalue weighted by molar-refractivity contribution is 5.94. The molecule has 4 rings (SSSR count). The van der Waals surface area contributed by atoms with Gasteiger partial charge in [-0.15, -0.1) is 0 Å². The molecule has 120 valence electrons. The average Bonchev–Trinajstić information content (AvgIpc) is 2.76. The summed E-state index contributed by atoms with van der Waals surface area (Å²) in [5.41, 5.74) is 18.2. The Hall–Kier alpha value is -2.82.